The second kappa shape index (κ2) is 10.4. The summed E-state index contributed by atoms with van der Waals surface area (Å²) in [6.45, 7) is 2.11. The van der Waals surface area contributed by atoms with Gasteiger partial charge in [0.15, 0.2) is 0 Å². The minimum atomic E-state index is -1.07. The zero-order valence-electron chi connectivity index (χ0n) is 16.1. The van der Waals surface area contributed by atoms with Gasteiger partial charge < -0.3 is 9.84 Å². The van der Waals surface area contributed by atoms with E-state index in [1.165, 1.54) is 12.1 Å². The third kappa shape index (κ3) is 5.93. The van der Waals surface area contributed by atoms with Gasteiger partial charge in [-0.15, -0.1) is 5.10 Å². The number of aromatic nitrogens is 3. The van der Waals surface area contributed by atoms with E-state index < -0.39 is 5.97 Å². The number of carbonyl (C=O) groups is 1. The Morgan fingerprint density at radius 3 is 2.83 bits per heavy atom. The highest BCUT2D eigenvalue weighted by Crippen LogP contribution is 2.30. The number of aliphatic carboxylic acids is 1. The SMILES string of the molecule is CCCc1nc(S/C(=C\c2ccc(OCc3ccccc3F)c(Br)c2)C(=O)O)n[nH]1. The fourth-order valence-electron chi connectivity index (χ4n) is 2.55. The molecule has 0 unspecified atom stereocenters. The highest BCUT2D eigenvalue weighted by atomic mass is 79.9. The molecule has 0 bridgehead atoms. The van der Waals surface area contributed by atoms with Crippen LogP contribution in [0.15, 0.2) is 57.0 Å². The maximum Gasteiger partial charge on any atom is 0.342 e. The lowest BCUT2D eigenvalue weighted by molar-refractivity contribution is -0.131. The number of carboxylic acid groups (broad SMARTS) is 1. The third-order valence-electron chi connectivity index (χ3n) is 4.00. The lowest BCUT2D eigenvalue weighted by Gasteiger charge is -2.10. The second-order valence-corrected chi connectivity index (χ2v) is 8.16. The van der Waals surface area contributed by atoms with Crippen molar-refractivity contribution in [2.75, 3.05) is 0 Å². The van der Waals surface area contributed by atoms with Crippen molar-refractivity contribution >= 4 is 39.7 Å². The number of aryl methyl sites for hydroxylation is 1. The second-order valence-electron chi connectivity index (χ2n) is 6.30. The molecule has 156 valence electrons. The molecule has 1 heterocycles. The van der Waals surface area contributed by atoms with Crippen molar-refractivity contribution in [1.29, 1.82) is 0 Å². The highest BCUT2D eigenvalue weighted by molar-refractivity contribution is 9.10. The average Bonchev–Trinajstić information content (AvgIpc) is 3.15. The maximum atomic E-state index is 13.7. The Balaban J connectivity index is 1.73. The van der Waals surface area contributed by atoms with Crippen LogP contribution in [0.4, 0.5) is 4.39 Å². The molecular formula is C21H19BrFN3O3S. The van der Waals surface area contributed by atoms with E-state index in [2.05, 4.69) is 31.1 Å². The number of hydrogen-bond acceptors (Lipinski definition) is 5. The number of halogens is 2. The minimum absolute atomic E-state index is 0.0849. The molecule has 0 radical (unpaired) electrons. The summed E-state index contributed by atoms with van der Waals surface area (Å²) in [4.78, 5) is 16.0. The van der Waals surface area contributed by atoms with Crippen LogP contribution in [0, 0.1) is 5.82 Å². The van der Waals surface area contributed by atoms with Crippen LogP contribution in [0.3, 0.4) is 0 Å². The summed E-state index contributed by atoms with van der Waals surface area (Å²) >= 11 is 4.40. The summed E-state index contributed by atoms with van der Waals surface area (Å²) < 4.78 is 20.0. The van der Waals surface area contributed by atoms with Gasteiger partial charge in [-0.1, -0.05) is 31.2 Å². The number of H-pyrrole nitrogens is 1. The minimum Gasteiger partial charge on any atom is -0.488 e. The molecule has 0 fully saturated rings. The topological polar surface area (TPSA) is 88.1 Å². The van der Waals surface area contributed by atoms with Crippen molar-refractivity contribution in [1.82, 2.24) is 15.2 Å². The molecule has 1 aromatic heterocycles. The number of hydrogen-bond donors (Lipinski definition) is 2. The number of carboxylic acids is 1. The van der Waals surface area contributed by atoms with Gasteiger partial charge in [-0.25, -0.2) is 14.2 Å². The van der Waals surface area contributed by atoms with Crippen molar-refractivity contribution in [2.24, 2.45) is 0 Å². The summed E-state index contributed by atoms with van der Waals surface area (Å²) in [5.41, 5.74) is 1.11. The van der Waals surface area contributed by atoms with E-state index in [0.29, 0.717) is 26.5 Å². The fraction of sp³-hybridized carbons (Fsp3) is 0.190. The molecule has 0 spiro atoms. The number of nitrogens with one attached hydrogen (secondary N) is 1. The molecule has 0 aliphatic heterocycles. The smallest absolute Gasteiger partial charge is 0.342 e. The van der Waals surface area contributed by atoms with Gasteiger partial charge in [0.25, 0.3) is 0 Å². The van der Waals surface area contributed by atoms with Crippen LogP contribution in [0.25, 0.3) is 6.08 Å². The number of aromatic amines is 1. The molecule has 0 amide bonds. The van der Waals surface area contributed by atoms with E-state index in [0.717, 1.165) is 30.4 Å². The molecule has 3 aromatic rings. The number of benzene rings is 2. The molecule has 0 atom stereocenters. The quantitative estimate of drug-likeness (QED) is 0.305. The van der Waals surface area contributed by atoms with Crippen molar-refractivity contribution in [2.45, 2.75) is 31.5 Å². The molecule has 2 aromatic carbocycles. The highest BCUT2D eigenvalue weighted by Gasteiger charge is 2.14. The predicted octanol–water partition coefficient (Wildman–Crippen LogP) is 5.46. The molecule has 9 heteroatoms. The van der Waals surface area contributed by atoms with Gasteiger partial charge in [0, 0.05) is 12.0 Å². The van der Waals surface area contributed by atoms with Crippen molar-refractivity contribution in [3.8, 4) is 5.75 Å². The Labute approximate surface area is 185 Å². The average molecular weight is 492 g/mol. The normalized spacial score (nSPS) is 11.5. The van der Waals surface area contributed by atoms with Crippen LogP contribution in [0.5, 0.6) is 5.75 Å². The molecule has 0 aliphatic carbocycles. The number of thioether (sulfide) groups is 1. The maximum absolute atomic E-state index is 13.7. The van der Waals surface area contributed by atoms with Crippen LogP contribution in [-0.2, 0) is 17.8 Å². The predicted molar refractivity (Wildman–Crippen MR) is 117 cm³/mol. The van der Waals surface area contributed by atoms with Gasteiger partial charge in [-0.3, -0.25) is 5.10 Å². The molecule has 0 aliphatic rings. The zero-order chi connectivity index (χ0) is 21.5. The molecule has 6 nitrogen and oxygen atoms in total. The lowest BCUT2D eigenvalue weighted by atomic mass is 10.2. The summed E-state index contributed by atoms with van der Waals surface area (Å²) in [7, 11) is 0. The van der Waals surface area contributed by atoms with Crippen LogP contribution in [-0.4, -0.2) is 26.3 Å². The van der Waals surface area contributed by atoms with E-state index >= 15 is 0 Å². The molecule has 3 rings (SSSR count). The summed E-state index contributed by atoms with van der Waals surface area (Å²) in [6, 6.07) is 11.6. The molecule has 0 saturated heterocycles. The van der Waals surface area contributed by atoms with E-state index in [4.69, 9.17) is 4.74 Å². The first-order valence-corrected chi connectivity index (χ1v) is 10.8. The van der Waals surface area contributed by atoms with Gasteiger partial charge in [-0.2, -0.15) is 0 Å². The van der Waals surface area contributed by atoms with Gasteiger partial charge in [-0.05, 0) is 64.0 Å². The monoisotopic (exact) mass is 491 g/mol. The molecule has 30 heavy (non-hydrogen) atoms. The number of ether oxygens (including phenoxy) is 1. The van der Waals surface area contributed by atoms with Crippen LogP contribution < -0.4 is 4.74 Å². The first-order chi connectivity index (χ1) is 14.5. The largest absolute Gasteiger partial charge is 0.488 e. The molecular weight excluding hydrogens is 473 g/mol. The molecule has 2 N–H and O–H groups in total. The van der Waals surface area contributed by atoms with Gasteiger partial charge in [0.05, 0.1) is 4.47 Å². The Morgan fingerprint density at radius 1 is 1.33 bits per heavy atom. The first kappa shape index (κ1) is 22.0. The van der Waals surface area contributed by atoms with Crippen LogP contribution in [0.2, 0.25) is 0 Å². The van der Waals surface area contributed by atoms with E-state index in [9.17, 15) is 14.3 Å². The van der Waals surface area contributed by atoms with E-state index in [1.54, 1.807) is 36.4 Å². The fourth-order valence-corrected chi connectivity index (χ4v) is 3.79. The van der Waals surface area contributed by atoms with Crippen molar-refractivity contribution in [3.63, 3.8) is 0 Å². The molecule has 0 saturated carbocycles. The van der Waals surface area contributed by atoms with Gasteiger partial charge in [0.1, 0.15) is 28.9 Å². The first-order valence-electron chi connectivity index (χ1n) is 9.16. The Hall–Kier alpha value is -2.65. The Bertz CT molecular complexity index is 1070. The van der Waals surface area contributed by atoms with Crippen molar-refractivity contribution < 1.29 is 19.0 Å². The third-order valence-corrected chi connectivity index (χ3v) is 5.50. The summed E-state index contributed by atoms with van der Waals surface area (Å²) in [5.74, 6) is -0.148. The van der Waals surface area contributed by atoms with Crippen molar-refractivity contribution in [3.05, 3.63) is 74.6 Å². The Morgan fingerprint density at radius 2 is 2.13 bits per heavy atom. The number of nitrogens with zero attached hydrogens (tertiary/aromatic N) is 2. The van der Waals surface area contributed by atoms with E-state index in [-0.39, 0.29) is 17.3 Å². The zero-order valence-corrected chi connectivity index (χ0v) is 18.5. The Kier molecular flexibility index (Phi) is 7.64. The summed E-state index contributed by atoms with van der Waals surface area (Å²) in [5, 5.41) is 16.8. The van der Waals surface area contributed by atoms with Gasteiger partial charge in [0.2, 0.25) is 5.16 Å². The van der Waals surface area contributed by atoms with Crippen LogP contribution >= 0.6 is 27.7 Å². The van der Waals surface area contributed by atoms with E-state index in [1.807, 2.05) is 6.92 Å². The standard InChI is InChI=1S/C21H19BrFN3O3S/c1-2-5-19-24-21(26-25-19)30-18(20(27)28)11-13-8-9-17(15(22)10-13)29-12-14-6-3-4-7-16(14)23/h3-4,6-11H,2,5,12H2,1H3,(H,27,28)(H,24,25,26)/b18-11-. The lowest BCUT2D eigenvalue weighted by Crippen LogP contribution is -1.99. The number of rotatable bonds is 9. The summed E-state index contributed by atoms with van der Waals surface area (Å²) in [6.07, 6.45) is 3.20. The van der Waals surface area contributed by atoms with Crippen LogP contribution in [0.1, 0.15) is 30.3 Å². The van der Waals surface area contributed by atoms with Gasteiger partial charge >= 0.3 is 5.97 Å².